The van der Waals surface area contributed by atoms with Gasteiger partial charge in [-0.3, -0.25) is 0 Å². The third-order valence-corrected chi connectivity index (χ3v) is 3.96. The topological polar surface area (TPSA) is 50.9 Å². The maximum absolute atomic E-state index is 5.44. The second-order valence-corrected chi connectivity index (χ2v) is 5.41. The molecular weight excluding hydrogens is 254 g/mol. The smallest absolute Gasteiger partial charge is 0.0945 e. The third-order valence-electron chi connectivity index (χ3n) is 3.05. The Hall–Kier alpha value is -1.23. The number of hydrogen-bond donors (Lipinski definition) is 2. The molecule has 0 saturated heterocycles. The second-order valence-electron chi connectivity index (χ2n) is 4.47. The summed E-state index contributed by atoms with van der Waals surface area (Å²) in [6, 6.07) is 8.67. The first-order valence-corrected chi connectivity index (χ1v) is 7.66. The van der Waals surface area contributed by atoms with Gasteiger partial charge in [0.15, 0.2) is 0 Å². The molecule has 0 fully saturated rings. The maximum atomic E-state index is 5.44. The average Bonchev–Trinajstić information content (AvgIpc) is 2.92. The molecule has 0 bridgehead atoms. The lowest BCUT2D eigenvalue weighted by Gasteiger charge is -2.00. The van der Waals surface area contributed by atoms with E-state index < -0.39 is 0 Å². The van der Waals surface area contributed by atoms with Crippen molar-refractivity contribution in [3.63, 3.8) is 0 Å². The fourth-order valence-corrected chi connectivity index (χ4v) is 2.70. The number of nitrogens with one attached hydrogen (secondary N) is 1. The molecule has 4 heteroatoms. The van der Waals surface area contributed by atoms with Gasteiger partial charge in [-0.2, -0.15) is 0 Å². The number of benzene rings is 1. The van der Waals surface area contributed by atoms with E-state index in [1.807, 2.05) is 0 Å². The summed E-state index contributed by atoms with van der Waals surface area (Å²) in [5.74, 6) is 0. The number of rotatable bonds is 7. The highest BCUT2D eigenvalue weighted by Gasteiger charge is 2.04. The first kappa shape index (κ1) is 14.2. The summed E-state index contributed by atoms with van der Waals surface area (Å²) in [5, 5.41) is 6.61. The van der Waals surface area contributed by atoms with Crippen LogP contribution in [0.15, 0.2) is 29.6 Å². The standard InChI is InChI=1S/C15H21N3S/c1-2-12-3-5-13(6-4-12)14-11-19-15(18-14)7-9-17-10-8-16/h3-6,11,17H,2,7-10,16H2,1H3. The van der Waals surface area contributed by atoms with Crippen molar-refractivity contribution in [2.45, 2.75) is 19.8 Å². The van der Waals surface area contributed by atoms with E-state index in [1.54, 1.807) is 11.3 Å². The summed E-state index contributed by atoms with van der Waals surface area (Å²) in [5.41, 5.74) is 9.09. The van der Waals surface area contributed by atoms with Gasteiger partial charge in [-0.15, -0.1) is 11.3 Å². The summed E-state index contributed by atoms with van der Waals surface area (Å²) in [7, 11) is 0. The van der Waals surface area contributed by atoms with Gasteiger partial charge >= 0.3 is 0 Å². The molecule has 0 aliphatic heterocycles. The molecule has 0 saturated carbocycles. The van der Waals surface area contributed by atoms with E-state index in [-0.39, 0.29) is 0 Å². The van der Waals surface area contributed by atoms with Crippen molar-refractivity contribution in [3.8, 4) is 11.3 Å². The molecule has 0 radical (unpaired) electrons. The van der Waals surface area contributed by atoms with Crippen LogP contribution in [0, 0.1) is 0 Å². The molecule has 0 spiro atoms. The molecule has 1 aromatic carbocycles. The van der Waals surface area contributed by atoms with Crippen molar-refractivity contribution in [1.82, 2.24) is 10.3 Å². The Bertz CT molecular complexity index is 490. The van der Waals surface area contributed by atoms with Crippen LogP contribution in [0.25, 0.3) is 11.3 Å². The van der Waals surface area contributed by atoms with Crippen molar-refractivity contribution >= 4 is 11.3 Å². The molecule has 0 aliphatic carbocycles. The fourth-order valence-electron chi connectivity index (χ4n) is 1.89. The van der Waals surface area contributed by atoms with Crippen LogP contribution in [0.1, 0.15) is 17.5 Å². The minimum Gasteiger partial charge on any atom is -0.329 e. The number of nitrogens with zero attached hydrogens (tertiary/aromatic N) is 1. The quantitative estimate of drug-likeness (QED) is 0.763. The molecule has 102 valence electrons. The highest BCUT2D eigenvalue weighted by Crippen LogP contribution is 2.22. The number of aryl methyl sites for hydroxylation is 1. The van der Waals surface area contributed by atoms with Crippen LogP contribution in [-0.4, -0.2) is 24.6 Å². The van der Waals surface area contributed by atoms with E-state index in [0.717, 1.165) is 31.6 Å². The van der Waals surface area contributed by atoms with Crippen molar-refractivity contribution in [2.75, 3.05) is 19.6 Å². The molecule has 0 amide bonds. The molecule has 2 aromatic rings. The van der Waals surface area contributed by atoms with Gasteiger partial charge in [-0.05, 0) is 12.0 Å². The molecule has 0 aliphatic rings. The van der Waals surface area contributed by atoms with Gasteiger partial charge < -0.3 is 11.1 Å². The predicted octanol–water partition coefficient (Wildman–Crippen LogP) is 2.46. The second kappa shape index (κ2) is 7.38. The van der Waals surface area contributed by atoms with E-state index in [0.29, 0.717) is 6.54 Å². The van der Waals surface area contributed by atoms with Crippen molar-refractivity contribution in [1.29, 1.82) is 0 Å². The predicted molar refractivity (Wildman–Crippen MR) is 82.6 cm³/mol. The van der Waals surface area contributed by atoms with E-state index >= 15 is 0 Å². The van der Waals surface area contributed by atoms with Crippen LogP contribution in [0.4, 0.5) is 0 Å². The minimum absolute atomic E-state index is 0.687. The minimum atomic E-state index is 0.687. The number of aromatic nitrogens is 1. The molecule has 3 N–H and O–H groups in total. The Balaban J connectivity index is 1.95. The average molecular weight is 275 g/mol. The fraction of sp³-hybridized carbons (Fsp3) is 0.400. The van der Waals surface area contributed by atoms with Crippen LogP contribution < -0.4 is 11.1 Å². The number of thiazole rings is 1. The monoisotopic (exact) mass is 275 g/mol. The largest absolute Gasteiger partial charge is 0.329 e. The zero-order chi connectivity index (χ0) is 13.5. The molecule has 19 heavy (non-hydrogen) atoms. The summed E-state index contributed by atoms with van der Waals surface area (Å²) < 4.78 is 0. The van der Waals surface area contributed by atoms with Crippen LogP contribution in [-0.2, 0) is 12.8 Å². The Kier molecular flexibility index (Phi) is 5.51. The molecule has 1 heterocycles. The van der Waals surface area contributed by atoms with Gasteiger partial charge in [0, 0.05) is 37.0 Å². The summed E-state index contributed by atoms with van der Waals surface area (Å²) in [4.78, 5) is 4.68. The summed E-state index contributed by atoms with van der Waals surface area (Å²) in [6.45, 7) is 4.67. The lowest BCUT2D eigenvalue weighted by Crippen LogP contribution is -2.24. The molecule has 1 aromatic heterocycles. The Morgan fingerprint density at radius 3 is 2.68 bits per heavy atom. The van der Waals surface area contributed by atoms with Gasteiger partial charge in [0.25, 0.3) is 0 Å². The lowest BCUT2D eigenvalue weighted by atomic mass is 10.1. The van der Waals surface area contributed by atoms with E-state index in [1.165, 1.54) is 16.1 Å². The molecule has 0 unspecified atom stereocenters. The molecular formula is C15H21N3S. The SMILES string of the molecule is CCc1ccc(-c2csc(CCNCCN)n2)cc1. The first-order valence-electron chi connectivity index (χ1n) is 6.78. The normalized spacial score (nSPS) is 10.8. The Labute approximate surface area is 118 Å². The van der Waals surface area contributed by atoms with Crippen molar-refractivity contribution in [3.05, 3.63) is 40.2 Å². The van der Waals surface area contributed by atoms with Gasteiger partial charge in [0.1, 0.15) is 0 Å². The highest BCUT2D eigenvalue weighted by atomic mass is 32.1. The van der Waals surface area contributed by atoms with Crippen LogP contribution in [0.5, 0.6) is 0 Å². The highest BCUT2D eigenvalue weighted by molar-refractivity contribution is 7.09. The van der Waals surface area contributed by atoms with Crippen LogP contribution in [0.2, 0.25) is 0 Å². The summed E-state index contributed by atoms with van der Waals surface area (Å²) in [6.07, 6.45) is 2.05. The van der Waals surface area contributed by atoms with Gasteiger partial charge in [0.2, 0.25) is 0 Å². The van der Waals surface area contributed by atoms with Crippen LogP contribution in [0.3, 0.4) is 0 Å². The number of nitrogens with two attached hydrogens (primary N) is 1. The van der Waals surface area contributed by atoms with Crippen LogP contribution >= 0.6 is 11.3 Å². The van der Waals surface area contributed by atoms with Gasteiger partial charge in [-0.25, -0.2) is 4.98 Å². The first-order chi connectivity index (χ1) is 9.33. The lowest BCUT2D eigenvalue weighted by molar-refractivity contribution is 0.687. The zero-order valence-electron chi connectivity index (χ0n) is 11.4. The maximum Gasteiger partial charge on any atom is 0.0945 e. The van der Waals surface area contributed by atoms with E-state index in [2.05, 4.69) is 46.9 Å². The zero-order valence-corrected chi connectivity index (χ0v) is 12.2. The molecule has 0 atom stereocenters. The molecule has 2 rings (SSSR count). The van der Waals surface area contributed by atoms with Gasteiger partial charge in [-0.1, -0.05) is 31.2 Å². The van der Waals surface area contributed by atoms with Crippen molar-refractivity contribution in [2.24, 2.45) is 5.73 Å². The van der Waals surface area contributed by atoms with E-state index in [9.17, 15) is 0 Å². The Morgan fingerprint density at radius 1 is 1.21 bits per heavy atom. The van der Waals surface area contributed by atoms with Gasteiger partial charge in [0.05, 0.1) is 10.7 Å². The number of hydrogen-bond acceptors (Lipinski definition) is 4. The molecule has 3 nitrogen and oxygen atoms in total. The van der Waals surface area contributed by atoms with E-state index in [4.69, 9.17) is 5.73 Å². The van der Waals surface area contributed by atoms with Crippen molar-refractivity contribution < 1.29 is 0 Å². The third kappa shape index (κ3) is 4.13. The summed E-state index contributed by atoms with van der Waals surface area (Å²) >= 11 is 1.73. The Morgan fingerprint density at radius 2 is 2.00 bits per heavy atom.